The lowest BCUT2D eigenvalue weighted by Gasteiger charge is -2.33. The maximum absolute atomic E-state index is 12.5. The standard InChI is InChI=1S/C17H26N2O2/c1-4-18-15-6-5-13(2)11-14(15)16(20)19-12-17(3)7-9-21-10-8-17/h5-6,11,18H,4,7-10,12H2,1-3H3,(H,19,20). The highest BCUT2D eigenvalue weighted by Crippen LogP contribution is 2.29. The van der Waals surface area contributed by atoms with Gasteiger partial charge < -0.3 is 15.4 Å². The molecule has 21 heavy (non-hydrogen) atoms. The van der Waals surface area contributed by atoms with E-state index in [4.69, 9.17) is 4.74 Å². The Bertz CT molecular complexity index is 494. The molecule has 1 aliphatic heterocycles. The number of carbonyl (C=O) groups is 1. The number of ether oxygens (including phenoxy) is 1. The normalized spacial score (nSPS) is 17.3. The van der Waals surface area contributed by atoms with Crippen molar-refractivity contribution in [2.24, 2.45) is 5.41 Å². The Kier molecular flexibility index (Phi) is 5.23. The molecule has 1 saturated heterocycles. The van der Waals surface area contributed by atoms with Crippen molar-refractivity contribution in [1.82, 2.24) is 5.32 Å². The topological polar surface area (TPSA) is 50.4 Å². The largest absolute Gasteiger partial charge is 0.385 e. The number of aryl methyl sites for hydroxylation is 1. The Morgan fingerprint density at radius 2 is 2.05 bits per heavy atom. The lowest BCUT2D eigenvalue weighted by atomic mass is 9.82. The van der Waals surface area contributed by atoms with Crippen LogP contribution in [0.5, 0.6) is 0 Å². The zero-order chi connectivity index (χ0) is 15.3. The third-order valence-corrected chi connectivity index (χ3v) is 4.16. The van der Waals surface area contributed by atoms with Crippen molar-refractivity contribution in [3.05, 3.63) is 29.3 Å². The molecule has 4 heteroatoms. The minimum Gasteiger partial charge on any atom is -0.385 e. The molecule has 0 atom stereocenters. The zero-order valence-corrected chi connectivity index (χ0v) is 13.3. The van der Waals surface area contributed by atoms with Gasteiger partial charge in [0, 0.05) is 32.0 Å². The molecule has 0 aromatic heterocycles. The molecule has 0 spiro atoms. The number of hydrogen-bond acceptors (Lipinski definition) is 3. The van der Waals surface area contributed by atoms with Crippen LogP contribution in [0.2, 0.25) is 0 Å². The summed E-state index contributed by atoms with van der Waals surface area (Å²) in [7, 11) is 0. The number of rotatable bonds is 5. The Morgan fingerprint density at radius 1 is 1.33 bits per heavy atom. The van der Waals surface area contributed by atoms with E-state index >= 15 is 0 Å². The summed E-state index contributed by atoms with van der Waals surface area (Å²) < 4.78 is 5.40. The molecule has 1 aliphatic rings. The lowest BCUT2D eigenvalue weighted by molar-refractivity contribution is 0.0238. The van der Waals surface area contributed by atoms with E-state index < -0.39 is 0 Å². The van der Waals surface area contributed by atoms with Crippen LogP contribution in [0, 0.1) is 12.3 Å². The van der Waals surface area contributed by atoms with Gasteiger partial charge in [0.25, 0.3) is 5.91 Å². The monoisotopic (exact) mass is 290 g/mol. The fourth-order valence-corrected chi connectivity index (χ4v) is 2.62. The molecule has 0 bridgehead atoms. The van der Waals surface area contributed by atoms with Crippen molar-refractivity contribution in [3.8, 4) is 0 Å². The quantitative estimate of drug-likeness (QED) is 0.876. The van der Waals surface area contributed by atoms with Crippen LogP contribution in [0.4, 0.5) is 5.69 Å². The molecule has 2 rings (SSSR count). The van der Waals surface area contributed by atoms with Gasteiger partial charge in [-0.3, -0.25) is 4.79 Å². The summed E-state index contributed by atoms with van der Waals surface area (Å²) in [5, 5.41) is 6.35. The van der Waals surface area contributed by atoms with E-state index in [0.717, 1.165) is 49.4 Å². The van der Waals surface area contributed by atoms with Gasteiger partial charge in [0.15, 0.2) is 0 Å². The summed E-state index contributed by atoms with van der Waals surface area (Å²) in [6.07, 6.45) is 2.00. The van der Waals surface area contributed by atoms with Gasteiger partial charge in [-0.15, -0.1) is 0 Å². The average molecular weight is 290 g/mol. The molecule has 2 N–H and O–H groups in total. The number of hydrogen-bond donors (Lipinski definition) is 2. The van der Waals surface area contributed by atoms with Crippen molar-refractivity contribution in [3.63, 3.8) is 0 Å². The Labute approximate surface area is 127 Å². The van der Waals surface area contributed by atoms with Crippen LogP contribution in [0.1, 0.15) is 42.6 Å². The van der Waals surface area contributed by atoms with E-state index in [-0.39, 0.29) is 11.3 Å². The first kappa shape index (κ1) is 15.8. The van der Waals surface area contributed by atoms with Crippen LogP contribution in [0.15, 0.2) is 18.2 Å². The van der Waals surface area contributed by atoms with Gasteiger partial charge in [0.2, 0.25) is 0 Å². The minimum absolute atomic E-state index is 0.00219. The van der Waals surface area contributed by atoms with Crippen molar-refractivity contribution in [2.75, 3.05) is 31.6 Å². The Morgan fingerprint density at radius 3 is 2.71 bits per heavy atom. The van der Waals surface area contributed by atoms with Crippen molar-refractivity contribution in [1.29, 1.82) is 0 Å². The fraction of sp³-hybridized carbons (Fsp3) is 0.588. The first-order valence-electron chi connectivity index (χ1n) is 7.74. The summed E-state index contributed by atoms with van der Waals surface area (Å²) in [5.74, 6) is 0.00219. The number of benzene rings is 1. The molecule has 0 radical (unpaired) electrons. The van der Waals surface area contributed by atoms with E-state index in [2.05, 4.69) is 17.6 Å². The van der Waals surface area contributed by atoms with Gasteiger partial charge in [-0.1, -0.05) is 18.6 Å². The third kappa shape index (κ3) is 4.21. The van der Waals surface area contributed by atoms with Crippen molar-refractivity contribution < 1.29 is 9.53 Å². The van der Waals surface area contributed by atoms with Crippen LogP contribution in [-0.2, 0) is 4.74 Å². The summed E-state index contributed by atoms with van der Waals surface area (Å²) in [6, 6.07) is 5.94. The van der Waals surface area contributed by atoms with Gasteiger partial charge in [0.05, 0.1) is 5.56 Å². The number of amides is 1. The molecular weight excluding hydrogens is 264 g/mol. The molecule has 0 saturated carbocycles. The van der Waals surface area contributed by atoms with Crippen LogP contribution < -0.4 is 10.6 Å². The molecule has 4 nitrogen and oxygen atoms in total. The van der Waals surface area contributed by atoms with Gasteiger partial charge in [-0.25, -0.2) is 0 Å². The second-order valence-electron chi connectivity index (χ2n) is 6.19. The Balaban J connectivity index is 2.04. The second kappa shape index (κ2) is 6.94. The van der Waals surface area contributed by atoms with Gasteiger partial charge >= 0.3 is 0 Å². The van der Waals surface area contributed by atoms with Crippen LogP contribution in [0.3, 0.4) is 0 Å². The SMILES string of the molecule is CCNc1ccc(C)cc1C(=O)NCC1(C)CCOCC1. The highest BCUT2D eigenvalue weighted by molar-refractivity contribution is 5.99. The molecule has 1 amide bonds. The van der Waals surface area contributed by atoms with Crippen molar-refractivity contribution in [2.45, 2.75) is 33.6 Å². The number of carbonyl (C=O) groups excluding carboxylic acids is 1. The maximum Gasteiger partial charge on any atom is 0.253 e. The average Bonchev–Trinajstić information content (AvgIpc) is 2.48. The van der Waals surface area contributed by atoms with Gasteiger partial charge in [0.1, 0.15) is 0 Å². The first-order valence-corrected chi connectivity index (χ1v) is 7.74. The predicted octanol–water partition coefficient (Wildman–Crippen LogP) is 2.97. The lowest BCUT2D eigenvalue weighted by Crippen LogP contribution is -2.39. The highest BCUT2D eigenvalue weighted by Gasteiger charge is 2.28. The summed E-state index contributed by atoms with van der Waals surface area (Å²) in [4.78, 5) is 12.5. The first-order chi connectivity index (χ1) is 10.0. The molecule has 116 valence electrons. The Hall–Kier alpha value is -1.55. The molecule has 1 aromatic rings. The third-order valence-electron chi connectivity index (χ3n) is 4.16. The van der Waals surface area contributed by atoms with Gasteiger partial charge in [-0.05, 0) is 44.2 Å². The zero-order valence-electron chi connectivity index (χ0n) is 13.3. The molecule has 0 aliphatic carbocycles. The minimum atomic E-state index is 0.00219. The summed E-state index contributed by atoms with van der Waals surface area (Å²) >= 11 is 0. The predicted molar refractivity (Wildman–Crippen MR) is 85.8 cm³/mol. The molecule has 0 unspecified atom stereocenters. The highest BCUT2D eigenvalue weighted by atomic mass is 16.5. The second-order valence-corrected chi connectivity index (χ2v) is 6.19. The van der Waals surface area contributed by atoms with Crippen LogP contribution >= 0.6 is 0 Å². The number of anilines is 1. The summed E-state index contributed by atoms with van der Waals surface area (Å²) in [6.45, 7) is 9.35. The van der Waals surface area contributed by atoms with E-state index in [9.17, 15) is 4.79 Å². The van der Waals surface area contributed by atoms with Gasteiger partial charge in [-0.2, -0.15) is 0 Å². The molecule has 1 heterocycles. The summed E-state index contributed by atoms with van der Waals surface area (Å²) in [5.41, 5.74) is 2.88. The fourth-order valence-electron chi connectivity index (χ4n) is 2.62. The molecule has 1 aromatic carbocycles. The van der Waals surface area contributed by atoms with E-state index in [1.54, 1.807) is 0 Å². The van der Waals surface area contributed by atoms with E-state index in [0.29, 0.717) is 6.54 Å². The maximum atomic E-state index is 12.5. The van der Waals surface area contributed by atoms with E-state index in [1.165, 1.54) is 0 Å². The number of nitrogens with one attached hydrogen (secondary N) is 2. The van der Waals surface area contributed by atoms with Crippen LogP contribution in [0.25, 0.3) is 0 Å². The molecular formula is C17H26N2O2. The smallest absolute Gasteiger partial charge is 0.253 e. The van der Waals surface area contributed by atoms with E-state index in [1.807, 2.05) is 32.0 Å². The van der Waals surface area contributed by atoms with Crippen LogP contribution in [-0.4, -0.2) is 32.2 Å². The molecule has 1 fully saturated rings. The van der Waals surface area contributed by atoms with Crippen molar-refractivity contribution >= 4 is 11.6 Å².